The van der Waals surface area contributed by atoms with Crippen LogP contribution in [0.5, 0.6) is 0 Å². The number of hydrogen-bond acceptors (Lipinski definition) is 19. The van der Waals surface area contributed by atoms with Gasteiger partial charge in [0.2, 0.25) is 35.8 Å². The molecule has 0 atom stereocenters. The predicted molar refractivity (Wildman–Crippen MR) is 399 cm³/mol. The number of nitrogens with zero attached hydrogens (tertiary/aromatic N) is 14. The van der Waals surface area contributed by atoms with E-state index in [1.807, 2.05) is 142 Å². The molecule has 1 amide bonds. The first-order valence-corrected chi connectivity index (χ1v) is 35.7. The van der Waals surface area contributed by atoms with Gasteiger partial charge in [0.15, 0.2) is 31.0 Å². The molecule has 14 aromatic rings. The van der Waals surface area contributed by atoms with Gasteiger partial charge in [0, 0.05) is 76.7 Å². The summed E-state index contributed by atoms with van der Waals surface area (Å²) in [6.07, 6.45) is 22.7. The Morgan fingerprint density at radius 2 is 1.00 bits per heavy atom. The number of Topliss-reactive ketones (excluding diaryl/α,β-unsaturated/α-hetero) is 1. The van der Waals surface area contributed by atoms with Gasteiger partial charge in [0.05, 0.1) is 52.8 Å². The summed E-state index contributed by atoms with van der Waals surface area (Å²) in [5, 5.41) is 21.0. The van der Waals surface area contributed by atoms with Crippen LogP contribution < -0.4 is 20.4 Å². The molecule has 0 bridgehead atoms. The van der Waals surface area contributed by atoms with Crippen LogP contribution >= 0.6 is 0 Å². The number of aromatic nitrogens is 19. The first-order valence-electron chi connectivity index (χ1n) is 35.7. The highest BCUT2D eigenvalue weighted by molar-refractivity contribution is 5.95. The summed E-state index contributed by atoms with van der Waals surface area (Å²) in [4.78, 5) is 82.2. The Balaban J connectivity index is 0.000000125. The molecule has 0 unspecified atom stereocenters. The molecule has 8 N–H and O–H groups in total. The van der Waals surface area contributed by atoms with Crippen molar-refractivity contribution >= 4 is 51.3 Å². The molecule has 3 fully saturated rings. The minimum atomic E-state index is -0.549. The minimum absolute atomic E-state index is 0.0169. The third kappa shape index (κ3) is 15.8. The van der Waals surface area contributed by atoms with Crippen LogP contribution in [-0.2, 0) is 57.9 Å². The molecule has 28 nitrogen and oxygen atoms in total. The van der Waals surface area contributed by atoms with Gasteiger partial charge in [0.1, 0.15) is 34.2 Å². The van der Waals surface area contributed by atoms with E-state index in [4.69, 9.17) is 24.3 Å². The number of ether oxygens (including phenoxy) is 2. The second-order valence-electron chi connectivity index (χ2n) is 30.8. The van der Waals surface area contributed by atoms with E-state index in [9.17, 15) is 14.4 Å². The maximum Gasteiger partial charge on any atom is 0.408 e. The van der Waals surface area contributed by atoms with Crippen LogP contribution in [0.1, 0.15) is 164 Å². The first kappa shape index (κ1) is 71.8. The molecule has 3 saturated carbocycles. The van der Waals surface area contributed by atoms with Crippen LogP contribution in [0.4, 0.5) is 4.79 Å². The standard InChI is InChI=1S/C27H27N7O2.C24H26N6O2.C19H18N6.C9H14N2O3/c1-26(2,3)25-32-23(33-36-25)20(35)13-27(10-11-27)18-7-5-16(6-8-18)19-9-12-28-24-21(19)30-22(31-24)17-14-29-34(4)15-17;1-23(2,3)32-22(31)29-24(10-11-24)17-7-5-15(6-8-17)18-9-12-25-21-19(18)27-20(28-21)16-13-26-30(4)14-16;1-25-11-13(10-22-25)17-23-16-15(6-9-21-18(16)24-17)12-2-4-14(5-3-12)19(20)7-8-19;1-5-13-7(12)6-10-8(14-11-6)9(2,3)4/h5-9,12,14-15H,10-11,13H2,1-4H3,(H,28,30,31);5-9,12-14H,10-11H2,1-4H3,(H,29,31)(H,25,27,28);2-6,9-11H,7-8,20H2,1H3,(H,21,23,24);5H2,1-4H3/p+2. The number of alkyl carbamates (subject to hydrolysis) is 1. The zero-order chi connectivity index (χ0) is 75.4. The number of fused-ring (bicyclic) bond motifs is 3. The van der Waals surface area contributed by atoms with E-state index >= 15 is 0 Å². The number of hydrogen-bond donors (Lipinski definition) is 7. The molecule has 107 heavy (non-hydrogen) atoms. The molecule has 17 rings (SSSR count). The van der Waals surface area contributed by atoms with E-state index in [-0.39, 0.29) is 50.8 Å². The lowest BCUT2D eigenvalue weighted by molar-refractivity contribution is -0.726. The van der Waals surface area contributed by atoms with Gasteiger partial charge in [-0.15, -0.1) is 9.36 Å². The van der Waals surface area contributed by atoms with Gasteiger partial charge in [-0.2, -0.15) is 25.3 Å². The van der Waals surface area contributed by atoms with Gasteiger partial charge in [-0.1, -0.05) is 119 Å². The van der Waals surface area contributed by atoms with Gasteiger partial charge in [-0.05, 0) is 123 Å². The second-order valence-corrected chi connectivity index (χ2v) is 30.8. The molecular formula is C79H87N21O7+2. The lowest BCUT2D eigenvalue weighted by atomic mass is 9.89. The Hall–Kier alpha value is -12.2. The number of H-pyrrole nitrogens is 5. The number of esters is 1. The number of imidazole rings is 3. The number of ketones is 1. The Labute approximate surface area is 616 Å². The molecule has 3 aliphatic carbocycles. The van der Waals surface area contributed by atoms with Gasteiger partial charge < -0.3 is 44.5 Å². The molecular weight excluding hydrogens is 1360 g/mol. The molecule has 3 aliphatic rings. The highest BCUT2D eigenvalue weighted by atomic mass is 16.6. The number of benzene rings is 3. The van der Waals surface area contributed by atoms with Crippen molar-refractivity contribution in [2.45, 2.75) is 147 Å². The fourth-order valence-electron chi connectivity index (χ4n) is 12.6. The van der Waals surface area contributed by atoms with E-state index in [0.29, 0.717) is 36.1 Å². The SMILES string of the molecule is CCOC(=O)c1noc(C(C)(C)C)n1.C[n+]1cc(-c2nc3nccc(-c4ccc(C5(CC(=O)c6noc(C(C)(C)C)n6)CC5)cc4)c3[nH]2)c[nH]1.C[n+]1cc(-c2nc3nccc(-c4ccc(C5(N)CC5)cc4)c3[nH]2)c[nH]1.Cn1cc(-c2nc3nccc(-c4ccc(C5(NC(=O)OC(C)(C)C)CC5)cc4)c3[nH]2)cn1. The molecule has 11 heterocycles. The zero-order valence-corrected chi connectivity index (χ0v) is 62.2. The molecule has 0 saturated heterocycles. The van der Waals surface area contributed by atoms with Crippen LogP contribution in [-0.4, -0.2) is 115 Å². The summed E-state index contributed by atoms with van der Waals surface area (Å²) in [7, 11) is 5.76. The topological polar surface area (TPSA) is 367 Å². The molecule has 11 aromatic heterocycles. The number of carbonyl (C=O) groups is 3. The van der Waals surface area contributed by atoms with E-state index in [1.54, 1.807) is 36.4 Å². The predicted octanol–water partition coefficient (Wildman–Crippen LogP) is 12.9. The quantitative estimate of drug-likeness (QED) is 0.0285. The molecule has 0 radical (unpaired) electrons. The Kier molecular flexibility index (Phi) is 18.8. The molecule has 3 aromatic carbocycles. The monoisotopic (exact) mass is 1440 g/mol. The maximum atomic E-state index is 13.0. The fraction of sp³-hybridized carbons (Fsp3) is 0.342. The normalized spacial score (nSPS) is 14.6. The third-order valence-corrected chi connectivity index (χ3v) is 19.0. The number of nitrogens with two attached hydrogens (primary N) is 1. The lowest BCUT2D eigenvalue weighted by Crippen LogP contribution is -2.39. The van der Waals surface area contributed by atoms with Gasteiger partial charge in [-0.25, -0.2) is 39.5 Å². The molecule has 0 spiro atoms. The second kappa shape index (κ2) is 28.0. The Bertz CT molecular complexity index is 5560. The average molecular weight is 1440 g/mol. The number of nitrogens with one attached hydrogen (secondary N) is 6. The van der Waals surface area contributed by atoms with Crippen LogP contribution in [0.25, 0.3) is 101 Å². The van der Waals surface area contributed by atoms with Crippen molar-refractivity contribution in [3.8, 4) is 67.5 Å². The van der Waals surface area contributed by atoms with E-state index < -0.39 is 11.6 Å². The van der Waals surface area contributed by atoms with E-state index in [2.05, 4.69) is 159 Å². The number of rotatable bonds is 15. The Morgan fingerprint density at radius 3 is 1.38 bits per heavy atom. The summed E-state index contributed by atoms with van der Waals surface area (Å²) < 4.78 is 25.9. The number of carbonyl (C=O) groups excluding carboxylic acids is 3. The minimum Gasteiger partial charge on any atom is -0.460 e. The van der Waals surface area contributed by atoms with Crippen LogP contribution in [0, 0.1) is 0 Å². The number of amides is 1. The maximum absolute atomic E-state index is 13.0. The van der Waals surface area contributed by atoms with Gasteiger partial charge in [-0.3, -0.25) is 9.48 Å². The summed E-state index contributed by atoms with van der Waals surface area (Å²) in [6.45, 7) is 19.4. The summed E-state index contributed by atoms with van der Waals surface area (Å²) >= 11 is 0. The van der Waals surface area contributed by atoms with Crippen molar-refractivity contribution in [1.82, 2.24) is 90.4 Å². The van der Waals surface area contributed by atoms with Gasteiger partial charge >= 0.3 is 12.1 Å². The smallest absolute Gasteiger partial charge is 0.408 e. The van der Waals surface area contributed by atoms with Crippen molar-refractivity contribution in [2.24, 2.45) is 26.9 Å². The summed E-state index contributed by atoms with van der Waals surface area (Å²) in [5.41, 5.74) is 22.2. The van der Waals surface area contributed by atoms with Crippen molar-refractivity contribution in [3.63, 3.8) is 0 Å². The highest BCUT2D eigenvalue weighted by Crippen LogP contribution is 2.52. The zero-order valence-electron chi connectivity index (χ0n) is 62.2. The van der Waals surface area contributed by atoms with Crippen molar-refractivity contribution in [3.05, 3.63) is 187 Å². The van der Waals surface area contributed by atoms with Crippen LogP contribution in [0.2, 0.25) is 0 Å². The van der Waals surface area contributed by atoms with Crippen molar-refractivity contribution < 1.29 is 42.3 Å². The largest absolute Gasteiger partial charge is 0.460 e. The van der Waals surface area contributed by atoms with Crippen molar-refractivity contribution in [2.75, 3.05) is 6.61 Å². The molecule has 548 valence electrons. The number of aryl methyl sites for hydroxylation is 3. The molecule has 28 heteroatoms. The van der Waals surface area contributed by atoms with Crippen LogP contribution in [0.3, 0.4) is 0 Å². The Morgan fingerprint density at radius 1 is 0.561 bits per heavy atom. The number of aromatic amines is 5. The van der Waals surface area contributed by atoms with E-state index in [1.165, 1.54) is 5.56 Å². The number of pyridine rings is 3. The summed E-state index contributed by atoms with van der Waals surface area (Å²) in [6, 6.07) is 31.3. The third-order valence-electron chi connectivity index (χ3n) is 19.0. The van der Waals surface area contributed by atoms with Crippen molar-refractivity contribution in [1.29, 1.82) is 0 Å². The average Bonchev–Trinajstić information content (AvgIpc) is 1.62. The van der Waals surface area contributed by atoms with E-state index in [0.717, 1.165) is 139 Å². The van der Waals surface area contributed by atoms with Crippen LogP contribution in [0.15, 0.2) is 156 Å². The first-order chi connectivity index (χ1) is 51.0. The molecule has 0 aliphatic heterocycles. The highest BCUT2D eigenvalue weighted by Gasteiger charge is 2.48. The lowest BCUT2D eigenvalue weighted by Gasteiger charge is -2.23. The summed E-state index contributed by atoms with van der Waals surface area (Å²) in [5.74, 6) is 2.76. The van der Waals surface area contributed by atoms with Gasteiger partial charge in [0.25, 0.3) is 5.82 Å². The fourth-order valence-corrected chi connectivity index (χ4v) is 12.6.